The van der Waals surface area contributed by atoms with Gasteiger partial charge in [0.1, 0.15) is 5.82 Å². The van der Waals surface area contributed by atoms with Gasteiger partial charge in [0.15, 0.2) is 5.76 Å². The van der Waals surface area contributed by atoms with E-state index in [2.05, 4.69) is 5.32 Å². The number of likely N-dealkylation sites (tertiary alicyclic amines) is 1. The summed E-state index contributed by atoms with van der Waals surface area (Å²) in [4.78, 5) is 13.9. The van der Waals surface area contributed by atoms with Crippen LogP contribution in [0.5, 0.6) is 0 Å². The molecule has 21 heavy (non-hydrogen) atoms. The lowest BCUT2D eigenvalue weighted by molar-refractivity contribution is 0.0686. The van der Waals surface area contributed by atoms with Gasteiger partial charge in [-0.3, -0.25) is 4.79 Å². The van der Waals surface area contributed by atoms with Crippen LogP contribution in [0.1, 0.15) is 23.4 Å². The summed E-state index contributed by atoms with van der Waals surface area (Å²) < 4.78 is 18.0. The number of carbonyl (C=O) groups excluding carboxylic acids is 1. The van der Waals surface area contributed by atoms with Crippen LogP contribution in [0.2, 0.25) is 0 Å². The van der Waals surface area contributed by atoms with Gasteiger partial charge in [-0.25, -0.2) is 4.39 Å². The fourth-order valence-electron chi connectivity index (χ4n) is 2.56. The summed E-state index contributed by atoms with van der Waals surface area (Å²) in [6.07, 6.45) is 3.24. The van der Waals surface area contributed by atoms with Crippen LogP contribution in [0.25, 0.3) is 0 Å². The van der Waals surface area contributed by atoms with E-state index in [4.69, 9.17) is 4.42 Å². The number of hydrogen-bond donors (Lipinski definition) is 1. The maximum Gasteiger partial charge on any atom is 0.289 e. The van der Waals surface area contributed by atoms with Crippen molar-refractivity contribution in [3.63, 3.8) is 0 Å². The molecular weight excluding hydrogens is 271 g/mol. The second-order valence-electron chi connectivity index (χ2n) is 5.20. The van der Waals surface area contributed by atoms with Crippen molar-refractivity contribution in [1.82, 2.24) is 4.90 Å². The summed E-state index contributed by atoms with van der Waals surface area (Å²) >= 11 is 0. The molecule has 1 amide bonds. The number of piperidine rings is 1. The maximum atomic E-state index is 12.9. The largest absolute Gasteiger partial charge is 0.459 e. The predicted octanol–water partition coefficient (Wildman–Crippen LogP) is 3.14. The Morgan fingerprint density at radius 3 is 2.52 bits per heavy atom. The molecule has 0 radical (unpaired) electrons. The lowest BCUT2D eigenvalue weighted by Gasteiger charge is -2.32. The van der Waals surface area contributed by atoms with Gasteiger partial charge in [-0.05, 0) is 49.2 Å². The van der Waals surface area contributed by atoms with E-state index >= 15 is 0 Å². The van der Waals surface area contributed by atoms with E-state index in [9.17, 15) is 9.18 Å². The van der Waals surface area contributed by atoms with Crippen molar-refractivity contribution in [2.45, 2.75) is 18.9 Å². The number of halogens is 1. The normalized spacial score (nSPS) is 16.0. The quantitative estimate of drug-likeness (QED) is 0.943. The predicted molar refractivity (Wildman–Crippen MR) is 77.7 cm³/mol. The highest BCUT2D eigenvalue weighted by Gasteiger charge is 2.24. The molecule has 1 saturated heterocycles. The first kappa shape index (κ1) is 13.7. The third-order valence-corrected chi connectivity index (χ3v) is 3.73. The molecule has 4 nitrogen and oxygen atoms in total. The number of amides is 1. The number of rotatable bonds is 3. The molecule has 2 heterocycles. The van der Waals surface area contributed by atoms with Crippen molar-refractivity contribution in [3.8, 4) is 0 Å². The van der Waals surface area contributed by atoms with E-state index in [0.29, 0.717) is 24.9 Å². The molecule has 110 valence electrons. The highest BCUT2D eigenvalue weighted by molar-refractivity contribution is 5.91. The molecular formula is C16H17FN2O2. The smallest absolute Gasteiger partial charge is 0.289 e. The second-order valence-corrected chi connectivity index (χ2v) is 5.20. The number of nitrogens with one attached hydrogen (secondary N) is 1. The van der Waals surface area contributed by atoms with Gasteiger partial charge in [-0.15, -0.1) is 0 Å². The molecule has 1 aliphatic heterocycles. The van der Waals surface area contributed by atoms with Crippen LogP contribution in [-0.2, 0) is 0 Å². The monoisotopic (exact) mass is 288 g/mol. The number of benzene rings is 1. The van der Waals surface area contributed by atoms with Gasteiger partial charge in [-0.1, -0.05) is 0 Å². The van der Waals surface area contributed by atoms with Gasteiger partial charge in [0.25, 0.3) is 5.91 Å². The van der Waals surface area contributed by atoms with Crippen LogP contribution in [0, 0.1) is 5.82 Å². The molecule has 0 aliphatic carbocycles. The Morgan fingerprint density at radius 1 is 1.19 bits per heavy atom. The highest BCUT2D eigenvalue weighted by atomic mass is 19.1. The number of hydrogen-bond acceptors (Lipinski definition) is 3. The molecule has 0 atom stereocenters. The molecule has 1 aliphatic rings. The summed E-state index contributed by atoms with van der Waals surface area (Å²) in [5.41, 5.74) is 0.909. The molecule has 1 aromatic carbocycles. The zero-order valence-electron chi connectivity index (χ0n) is 11.6. The first-order valence-corrected chi connectivity index (χ1v) is 7.07. The minimum absolute atomic E-state index is 0.0553. The topological polar surface area (TPSA) is 45.5 Å². The summed E-state index contributed by atoms with van der Waals surface area (Å²) in [5, 5.41) is 3.37. The Balaban J connectivity index is 1.53. The van der Waals surface area contributed by atoms with Crippen molar-refractivity contribution in [2.75, 3.05) is 18.4 Å². The van der Waals surface area contributed by atoms with Crippen LogP contribution in [0.3, 0.4) is 0 Å². The van der Waals surface area contributed by atoms with Crippen molar-refractivity contribution in [1.29, 1.82) is 0 Å². The SMILES string of the molecule is O=C(c1ccco1)N1CCC(Nc2ccc(F)cc2)CC1. The Kier molecular flexibility index (Phi) is 3.90. The van der Waals surface area contributed by atoms with Gasteiger partial charge in [-0.2, -0.15) is 0 Å². The zero-order chi connectivity index (χ0) is 14.7. The Morgan fingerprint density at radius 2 is 1.90 bits per heavy atom. The summed E-state index contributed by atoms with van der Waals surface area (Å²) in [7, 11) is 0. The van der Waals surface area contributed by atoms with Crippen LogP contribution >= 0.6 is 0 Å². The molecule has 0 spiro atoms. The Hall–Kier alpha value is -2.30. The standard InChI is InChI=1S/C16H17FN2O2/c17-12-3-5-13(6-4-12)18-14-7-9-19(10-8-14)16(20)15-2-1-11-21-15/h1-6,11,14,18H,7-10H2. The van der Waals surface area contributed by atoms with Crippen LogP contribution in [0.4, 0.5) is 10.1 Å². The maximum absolute atomic E-state index is 12.9. The molecule has 1 fully saturated rings. The molecule has 0 unspecified atom stereocenters. The third-order valence-electron chi connectivity index (χ3n) is 3.73. The van der Waals surface area contributed by atoms with Gasteiger partial charge in [0, 0.05) is 24.8 Å². The molecule has 0 bridgehead atoms. The minimum Gasteiger partial charge on any atom is -0.459 e. The van der Waals surface area contributed by atoms with Crippen molar-refractivity contribution in [3.05, 3.63) is 54.2 Å². The molecule has 0 saturated carbocycles. The Labute approximate surface area is 122 Å². The lowest BCUT2D eigenvalue weighted by Crippen LogP contribution is -2.42. The van der Waals surface area contributed by atoms with Crippen LogP contribution in [-0.4, -0.2) is 29.9 Å². The fourth-order valence-corrected chi connectivity index (χ4v) is 2.56. The number of nitrogens with zero attached hydrogens (tertiary/aromatic N) is 1. The van der Waals surface area contributed by atoms with E-state index in [0.717, 1.165) is 18.5 Å². The first-order chi connectivity index (χ1) is 10.2. The average Bonchev–Trinajstić information content (AvgIpc) is 3.04. The van der Waals surface area contributed by atoms with Crippen molar-refractivity contribution >= 4 is 11.6 Å². The molecule has 1 aromatic heterocycles. The number of carbonyl (C=O) groups is 1. The Bertz CT molecular complexity index is 587. The highest BCUT2D eigenvalue weighted by Crippen LogP contribution is 2.18. The van der Waals surface area contributed by atoms with E-state index < -0.39 is 0 Å². The van der Waals surface area contributed by atoms with E-state index in [-0.39, 0.29) is 11.7 Å². The molecule has 5 heteroatoms. The minimum atomic E-state index is -0.237. The number of anilines is 1. The molecule has 3 rings (SSSR count). The van der Waals surface area contributed by atoms with Crippen molar-refractivity contribution in [2.24, 2.45) is 0 Å². The molecule has 2 aromatic rings. The number of furan rings is 1. The van der Waals surface area contributed by atoms with Crippen LogP contribution < -0.4 is 5.32 Å². The summed E-state index contributed by atoms with van der Waals surface area (Å²) in [6.45, 7) is 1.39. The van der Waals surface area contributed by atoms with Gasteiger partial charge in [0.05, 0.1) is 6.26 Å². The van der Waals surface area contributed by atoms with E-state index in [1.54, 1.807) is 24.3 Å². The van der Waals surface area contributed by atoms with Crippen LogP contribution in [0.15, 0.2) is 47.1 Å². The van der Waals surface area contributed by atoms with E-state index in [1.165, 1.54) is 18.4 Å². The fraction of sp³-hybridized carbons (Fsp3) is 0.312. The lowest BCUT2D eigenvalue weighted by atomic mass is 10.0. The first-order valence-electron chi connectivity index (χ1n) is 7.07. The zero-order valence-corrected chi connectivity index (χ0v) is 11.6. The molecule has 1 N–H and O–H groups in total. The second kappa shape index (κ2) is 5.99. The van der Waals surface area contributed by atoms with Gasteiger partial charge >= 0.3 is 0 Å². The van der Waals surface area contributed by atoms with Gasteiger partial charge in [0.2, 0.25) is 0 Å². The average molecular weight is 288 g/mol. The van der Waals surface area contributed by atoms with E-state index in [1.807, 2.05) is 4.90 Å². The summed E-state index contributed by atoms with van der Waals surface area (Å²) in [6, 6.07) is 10.1. The third kappa shape index (κ3) is 3.24. The summed E-state index contributed by atoms with van der Waals surface area (Å²) in [5.74, 6) is 0.0968. The van der Waals surface area contributed by atoms with Crippen molar-refractivity contribution < 1.29 is 13.6 Å². The van der Waals surface area contributed by atoms with Gasteiger partial charge < -0.3 is 14.6 Å².